The fourth-order valence-corrected chi connectivity index (χ4v) is 2.61. The average Bonchev–Trinajstić information content (AvgIpc) is 2.61. The number of aromatic nitrogens is 2. The van der Waals surface area contributed by atoms with E-state index in [4.69, 9.17) is 4.74 Å². The molecule has 0 aromatic carbocycles. The summed E-state index contributed by atoms with van der Waals surface area (Å²) in [5, 5.41) is 8.08. The Balaban J connectivity index is 2.22. The Hall–Kier alpha value is -1.07. The maximum atomic E-state index is 5.63. The third-order valence-electron chi connectivity index (χ3n) is 3.54. The summed E-state index contributed by atoms with van der Waals surface area (Å²) in [4.78, 5) is 2.39. The summed E-state index contributed by atoms with van der Waals surface area (Å²) in [7, 11) is 2.03. The average molecular weight is 266 g/mol. The molecule has 1 aliphatic rings. The summed E-state index contributed by atoms with van der Waals surface area (Å²) in [6.07, 6.45) is 0.287. The second-order valence-electron chi connectivity index (χ2n) is 5.67. The largest absolute Gasteiger partial charge is 0.375 e. The van der Waals surface area contributed by atoms with E-state index in [9.17, 15) is 0 Å². The molecule has 0 saturated carbocycles. The molecule has 1 aliphatic heterocycles. The van der Waals surface area contributed by atoms with Crippen LogP contribution in [0.15, 0.2) is 0 Å². The topological polar surface area (TPSA) is 42.3 Å². The standard InChI is InChI=1S/C14H26N4O/c1-10(2)15-8-13-12(4)16-17(5)14(13)18-6-7-19-11(3)9-18/h10-11,15H,6-9H2,1-5H3. The Morgan fingerprint density at radius 2 is 2.21 bits per heavy atom. The minimum Gasteiger partial charge on any atom is -0.375 e. The Kier molecular flexibility index (Phi) is 4.47. The number of hydrogen-bond donors (Lipinski definition) is 1. The molecule has 0 spiro atoms. The lowest BCUT2D eigenvalue weighted by Crippen LogP contribution is -2.42. The van der Waals surface area contributed by atoms with Gasteiger partial charge in [0.05, 0.1) is 18.4 Å². The summed E-state index contributed by atoms with van der Waals surface area (Å²) >= 11 is 0. The minimum atomic E-state index is 0.287. The third-order valence-corrected chi connectivity index (χ3v) is 3.54. The third kappa shape index (κ3) is 3.28. The van der Waals surface area contributed by atoms with E-state index in [1.165, 1.54) is 11.4 Å². The van der Waals surface area contributed by atoms with Crippen molar-refractivity contribution in [3.63, 3.8) is 0 Å². The number of aryl methyl sites for hydroxylation is 2. The molecule has 19 heavy (non-hydrogen) atoms. The molecule has 0 amide bonds. The molecule has 1 atom stereocenters. The molecule has 1 saturated heterocycles. The van der Waals surface area contributed by atoms with Crippen molar-refractivity contribution in [2.45, 2.75) is 46.4 Å². The van der Waals surface area contributed by atoms with Crippen LogP contribution in [0.1, 0.15) is 32.0 Å². The van der Waals surface area contributed by atoms with E-state index in [2.05, 4.69) is 43.0 Å². The van der Waals surface area contributed by atoms with Crippen LogP contribution in [0, 0.1) is 6.92 Å². The minimum absolute atomic E-state index is 0.287. The summed E-state index contributed by atoms with van der Waals surface area (Å²) in [6.45, 7) is 12.1. The fourth-order valence-electron chi connectivity index (χ4n) is 2.61. The van der Waals surface area contributed by atoms with Gasteiger partial charge in [-0.05, 0) is 13.8 Å². The van der Waals surface area contributed by atoms with Crippen molar-refractivity contribution in [3.8, 4) is 0 Å². The Bertz CT molecular complexity index is 427. The van der Waals surface area contributed by atoms with Crippen molar-refractivity contribution < 1.29 is 4.74 Å². The predicted molar refractivity (Wildman–Crippen MR) is 77.5 cm³/mol. The van der Waals surface area contributed by atoms with Crippen molar-refractivity contribution in [1.82, 2.24) is 15.1 Å². The van der Waals surface area contributed by atoms with Crippen LogP contribution in [0.4, 0.5) is 5.82 Å². The zero-order valence-corrected chi connectivity index (χ0v) is 12.7. The van der Waals surface area contributed by atoms with E-state index in [0.717, 1.165) is 31.9 Å². The number of hydrogen-bond acceptors (Lipinski definition) is 4. The Labute approximate surface area is 115 Å². The lowest BCUT2D eigenvalue weighted by atomic mass is 10.2. The van der Waals surface area contributed by atoms with Crippen LogP contribution in [0.25, 0.3) is 0 Å². The highest BCUT2D eigenvalue weighted by Crippen LogP contribution is 2.25. The molecule has 1 aromatic rings. The van der Waals surface area contributed by atoms with Gasteiger partial charge in [0.2, 0.25) is 0 Å². The molecule has 1 N–H and O–H groups in total. The number of nitrogens with one attached hydrogen (secondary N) is 1. The molecule has 1 unspecified atom stereocenters. The van der Waals surface area contributed by atoms with E-state index in [1.54, 1.807) is 0 Å². The first-order valence-electron chi connectivity index (χ1n) is 7.11. The number of rotatable bonds is 4. The van der Waals surface area contributed by atoms with Gasteiger partial charge in [0.25, 0.3) is 0 Å². The molecule has 0 bridgehead atoms. The van der Waals surface area contributed by atoms with Gasteiger partial charge >= 0.3 is 0 Å². The van der Waals surface area contributed by atoms with Gasteiger partial charge in [-0.15, -0.1) is 0 Å². The van der Waals surface area contributed by atoms with E-state index >= 15 is 0 Å². The van der Waals surface area contributed by atoms with E-state index in [1.807, 2.05) is 11.7 Å². The van der Waals surface area contributed by atoms with Crippen LogP contribution in [0.3, 0.4) is 0 Å². The van der Waals surface area contributed by atoms with E-state index in [-0.39, 0.29) is 6.10 Å². The highest BCUT2D eigenvalue weighted by molar-refractivity contribution is 5.50. The van der Waals surface area contributed by atoms with Crippen molar-refractivity contribution in [2.24, 2.45) is 7.05 Å². The van der Waals surface area contributed by atoms with Gasteiger partial charge in [0.1, 0.15) is 5.82 Å². The van der Waals surface area contributed by atoms with Crippen LogP contribution in [0.5, 0.6) is 0 Å². The molecular formula is C14H26N4O. The van der Waals surface area contributed by atoms with Crippen LogP contribution in [-0.2, 0) is 18.3 Å². The van der Waals surface area contributed by atoms with Crippen LogP contribution in [-0.4, -0.2) is 41.6 Å². The molecule has 2 heterocycles. The summed E-state index contributed by atoms with van der Waals surface area (Å²) in [6, 6.07) is 0.482. The normalized spacial score (nSPS) is 20.3. The maximum absolute atomic E-state index is 5.63. The molecule has 1 fully saturated rings. The smallest absolute Gasteiger partial charge is 0.131 e. The van der Waals surface area contributed by atoms with Gasteiger partial charge < -0.3 is 15.0 Å². The predicted octanol–water partition coefficient (Wildman–Crippen LogP) is 1.45. The van der Waals surface area contributed by atoms with E-state index in [0.29, 0.717) is 6.04 Å². The highest BCUT2D eigenvalue weighted by atomic mass is 16.5. The number of nitrogens with zero attached hydrogens (tertiary/aromatic N) is 3. The molecule has 5 nitrogen and oxygen atoms in total. The second kappa shape index (κ2) is 5.92. The molecule has 108 valence electrons. The first-order valence-corrected chi connectivity index (χ1v) is 7.11. The van der Waals surface area contributed by atoms with Crippen molar-refractivity contribution in [3.05, 3.63) is 11.3 Å². The van der Waals surface area contributed by atoms with Crippen molar-refractivity contribution >= 4 is 5.82 Å². The van der Waals surface area contributed by atoms with Crippen molar-refractivity contribution in [1.29, 1.82) is 0 Å². The monoisotopic (exact) mass is 266 g/mol. The van der Waals surface area contributed by atoms with Gasteiger partial charge in [-0.25, -0.2) is 0 Å². The number of ether oxygens (including phenoxy) is 1. The van der Waals surface area contributed by atoms with Gasteiger partial charge in [0.15, 0.2) is 0 Å². The Morgan fingerprint density at radius 1 is 1.47 bits per heavy atom. The van der Waals surface area contributed by atoms with Gasteiger partial charge in [-0.1, -0.05) is 13.8 Å². The van der Waals surface area contributed by atoms with Crippen LogP contribution < -0.4 is 10.2 Å². The lowest BCUT2D eigenvalue weighted by molar-refractivity contribution is 0.0526. The van der Waals surface area contributed by atoms with E-state index < -0.39 is 0 Å². The van der Waals surface area contributed by atoms with Gasteiger partial charge in [-0.3, -0.25) is 4.68 Å². The van der Waals surface area contributed by atoms with Crippen LogP contribution in [0.2, 0.25) is 0 Å². The zero-order valence-electron chi connectivity index (χ0n) is 12.7. The Morgan fingerprint density at radius 3 is 2.84 bits per heavy atom. The first kappa shape index (κ1) is 14.3. The van der Waals surface area contributed by atoms with Crippen LogP contribution >= 0.6 is 0 Å². The first-order chi connectivity index (χ1) is 8.99. The van der Waals surface area contributed by atoms with Gasteiger partial charge in [-0.2, -0.15) is 5.10 Å². The van der Waals surface area contributed by atoms with Crippen molar-refractivity contribution in [2.75, 3.05) is 24.6 Å². The SMILES string of the molecule is Cc1nn(C)c(N2CCOC(C)C2)c1CNC(C)C. The second-order valence-corrected chi connectivity index (χ2v) is 5.67. The summed E-state index contributed by atoms with van der Waals surface area (Å²) in [5.74, 6) is 1.24. The van der Waals surface area contributed by atoms with Gasteiger partial charge in [0, 0.05) is 38.3 Å². The molecule has 0 aliphatic carbocycles. The maximum Gasteiger partial charge on any atom is 0.131 e. The quantitative estimate of drug-likeness (QED) is 0.896. The lowest BCUT2D eigenvalue weighted by Gasteiger charge is -2.33. The molecule has 1 aromatic heterocycles. The number of anilines is 1. The summed E-state index contributed by atoms with van der Waals surface area (Å²) < 4.78 is 7.63. The summed E-state index contributed by atoms with van der Waals surface area (Å²) in [5.41, 5.74) is 2.43. The molecule has 2 rings (SSSR count). The molecule has 5 heteroatoms. The highest BCUT2D eigenvalue weighted by Gasteiger charge is 2.23. The fraction of sp³-hybridized carbons (Fsp3) is 0.786. The molecule has 0 radical (unpaired) electrons. The zero-order chi connectivity index (χ0) is 14.0. The molecular weight excluding hydrogens is 240 g/mol. The number of morpholine rings is 1.